The van der Waals surface area contributed by atoms with Gasteiger partial charge in [0, 0.05) is 24.7 Å². The number of Topliss-reactive ketones (excluding diaryl/α,β-unsaturated/α-hetero) is 1. The molecule has 2 aliphatic carbocycles. The number of allylic oxidation sites excluding steroid dienone is 1. The number of nitrogens with zero attached hydrogens (tertiary/aromatic N) is 1. The molecule has 2 saturated carbocycles. The summed E-state index contributed by atoms with van der Waals surface area (Å²) in [5.74, 6) is 1.42. The van der Waals surface area contributed by atoms with Crippen molar-refractivity contribution in [3.8, 4) is 0 Å². The van der Waals surface area contributed by atoms with Gasteiger partial charge in [0.15, 0.2) is 5.78 Å². The molecule has 1 aromatic rings. The Balaban J connectivity index is 1.70. The van der Waals surface area contributed by atoms with E-state index >= 15 is 0 Å². The third kappa shape index (κ3) is 3.52. The molecule has 0 spiro atoms. The average molecular weight is 311 g/mol. The first-order valence-electron chi connectivity index (χ1n) is 9.32. The summed E-state index contributed by atoms with van der Waals surface area (Å²) in [6, 6.07) is 8.65. The van der Waals surface area contributed by atoms with Crippen LogP contribution < -0.4 is 4.90 Å². The molecule has 3 rings (SSSR count). The van der Waals surface area contributed by atoms with E-state index in [1.54, 1.807) is 0 Å². The van der Waals surface area contributed by atoms with Crippen LogP contribution in [0.15, 0.2) is 29.8 Å². The van der Waals surface area contributed by atoms with Crippen molar-refractivity contribution in [1.29, 1.82) is 0 Å². The predicted octanol–water partition coefficient (Wildman–Crippen LogP) is 5.09. The molecule has 2 aliphatic rings. The quantitative estimate of drug-likeness (QED) is 0.706. The van der Waals surface area contributed by atoms with Crippen molar-refractivity contribution in [3.63, 3.8) is 0 Å². The number of benzene rings is 1. The first kappa shape index (κ1) is 16.3. The second kappa shape index (κ2) is 7.33. The predicted molar refractivity (Wildman–Crippen MR) is 97.7 cm³/mol. The summed E-state index contributed by atoms with van der Waals surface area (Å²) >= 11 is 0. The molecule has 1 atom stereocenters. The van der Waals surface area contributed by atoms with E-state index in [-0.39, 0.29) is 0 Å². The lowest BCUT2D eigenvalue weighted by Gasteiger charge is -2.20. The minimum atomic E-state index is 0.318. The fourth-order valence-corrected chi connectivity index (χ4v) is 4.33. The molecule has 0 amide bonds. The van der Waals surface area contributed by atoms with E-state index < -0.39 is 0 Å². The molecule has 2 fully saturated rings. The molecular formula is C21H29NO. The minimum absolute atomic E-state index is 0.318. The Labute approximate surface area is 140 Å². The summed E-state index contributed by atoms with van der Waals surface area (Å²) in [5, 5.41) is 0. The molecule has 0 saturated heterocycles. The molecular weight excluding hydrogens is 282 g/mol. The van der Waals surface area contributed by atoms with Gasteiger partial charge in [0.1, 0.15) is 0 Å². The van der Waals surface area contributed by atoms with Crippen LogP contribution in [0.5, 0.6) is 0 Å². The summed E-state index contributed by atoms with van der Waals surface area (Å²) in [6.45, 7) is 6.41. The van der Waals surface area contributed by atoms with Gasteiger partial charge >= 0.3 is 0 Å². The highest BCUT2D eigenvalue weighted by atomic mass is 16.1. The maximum absolute atomic E-state index is 12.7. The highest BCUT2D eigenvalue weighted by molar-refractivity contribution is 6.03. The summed E-state index contributed by atoms with van der Waals surface area (Å²) < 4.78 is 0. The van der Waals surface area contributed by atoms with E-state index in [2.05, 4.69) is 49.1 Å². The average Bonchev–Trinajstić information content (AvgIpc) is 3.21. The Bertz CT molecular complexity index is 562. The number of anilines is 1. The van der Waals surface area contributed by atoms with E-state index in [1.165, 1.54) is 31.4 Å². The van der Waals surface area contributed by atoms with E-state index in [0.29, 0.717) is 17.6 Å². The van der Waals surface area contributed by atoms with Gasteiger partial charge in [-0.2, -0.15) is 0 Å². The highest BCUT2D eigenvalue weighted by Gasteiger charge is 2.36. The second-order valence-corrected chi connectivity index (χ2v) is 6.99. The summed E-state index contributed by atoms with van der Waals surface area (Å²) in [7, 11) is 0. The van der Waals surface area contributed by atoms with Gasteiger partial charge in [-0.15, -0.1) is 0 Å². The minimum Gasteiger partial charge on any atom is -0.372 e. The van der Waals surface area contributed by atoms with Gasteiger partial charge in [-0.1, -0.05) is 25.0 Å². The first-order valence-corrected chi connectivity index (χ1v) is 9.32. The largest absolute Gasteiger partial charge is 0.372 e. The molecule has 0 aliphatic heterocycles. The monoisotopic (exact) mass is 311 g/mol. The Kier molecular flexibility index (Phi) is 5.20. The lowest BCUT2D eigenvalue weighted by molar-refractivity contribution is -0.119. The number of hydrogen-bond donors (Lipinski definition) is 0. The zero-order chi connectivity index (χ0) is 16.2. The SMILES string of the molecule is CCN(CC)c1ccc(C=C2CCC(C3CCCC3)C2=O)cc1. The third-order valence-electron chi connectivity index (χ3n) is 5.71. The molecule has 124 valence electrons. The van der Waals surface area contributed by atoms with Gasteiger partial charge in [0.2, 0.25) is 0 Å². The zero-order valence-electron chi connectivity index (χ0n) is 14.6. The van der Waals surface area contributed by atoms with E-state index in [9.17, 15) is 4.79 Å². The van der Waals surface area contributed by atoms with Gasteiger partial charge in [-0.25, -0.2) is 0 Å². The molecule has 2 heteroatoms. The zero-order valence-corrected chi connectivity index (χ0v) is 14.6. The summed E-state index contributed by atoms with van der Waals surface area (Å²) in [4.78, 5) is 15.0. The summed E-state index contributed by atoms with van der Waals surface area (Å²) in [5.41, 5.74) is 3.48. The number of carbonyl (C=O) groups excluding carboxylic acids is 1. The van der Waals surface area contributed by atoms with Crippen LogP contribution in [0.4, 0.5) is 5.69 Å². The lowest BCUT2D eigenvalue weighted by atomic mass is 9.88. The normalized spacial score (nSPS) is 23.8. The number of ketones is 1. The van der Waals surface area contributed by atoms with Gasteiger partial charge < -0.3 is 4.90 Å². The second-order valence-electron chi connectivity index (χ2n) is 6.99. The fourth-order valence-electron chi connectivity index (χ4n) is 4.33. The van der Waals surface area contributed by atoms with Crippen molar-refractivity contribution in [1.82, 2.24) is 0 Å². The molecule has 0 bridgehead atoms. The Morgan fingerprint density at radius 2 is 1.70 bits per heavy atom. The molecule has 0 N–H and O–H groups in total. The molecule has 1 unspecified atom stereocenters. The topological polar surface area (TPSA) is 20.3 Å². The van der Waals surface area contributed by atoms with Crippen molar-refractivity contribution in [2.24, 2.45) is 11.8 Å². The lowest BCUT2D eigenvalue weighted by Crippen LogP contribution is -2.21. The van der Waals surface area contributed by atoms with E-state index in [4.69, 9.17) is 0 Å². The molecule has 1 aromatic carbocycles. The molecule has 0 heterocycles. The van der Waals surface area contributed by atoms with Crippen molar-refractivity contribution < 1.29 is 4.79 Å². The van der Waals surface area contributed by atoms with Crippen LogP contribution in [0.1, 0.15) is 57.9 Å². The van der Waals surface area contributed by atoms with Crippen LogP contribution in [-0.4, -0.2) is 18.9 Å². The van der Waals surface area contributed by atoms with Crippen LogP contribution in [-0.2, 0) is 4.79 Å². The Morgan fingerprint density at radius 1 is 1.04 bits per heavy atom. The van der Waals surface area contributed by atoms with Crippen LogP contribution >= 0.6 is 0 Å². The maximum Gasteiger partial charge on any atom is 0.162 e. The molecule has 2 nitrogen and oxygen atoms in total. The van der Waals surface area contributed by atoms with Crippen LogP contribution in [0.25, 0.3) is 6.08 Å². The van der Waals surface area contributed by atoms with Crippen molar-refractivity contribution in [3.05, 3.63) is 35.4 Å². The van der Waals surface area contributed by atoms with Gasteiger partial charge in [-0.05, 0) is 74.8 Å². The summed E-state index contributed by atoms with van der Waals surface area (Å²) in [6.07, 6.45) is 9.35. The highest BCUT2D eigenvalue weighted by Crippen LogP contribution is 2.40. The van der Waals surface area contributed by atoms with Crippen molar-refractivity contribution in [2.45, 2.75) is 52.4 Å². The van der Waals surface area contributed by atoms with Crippen LogP contribution in [0.3, 0.4) is 0 Å². The molecule has 0 radical (unpaired) electrons. The number of rotatable bonds is 5. The van der Waals surface area contributed by atoms with Crippen molar-refractivity contribution >= 4 is 17.5 Å². The van der Waals surface area contributed by atoms with Crippen LogP contribution in [0.2, 0.25) is 0 Å². The smallest absolute Gasteiger partial charge is 0.162 e. The van der Waals surface area contributed by atoms with Crippen molar-refractivity contribution in [2.75, 3.05) is 18.0 Å². The third-order valence-corrected chi connectivity index (χ3v) is 5.71. The van der Waals surface area contributed by atoms with E-state index in [0.717, 1.165) is 37.1 Å². The number of hydrogen-bond acceptors (Lipinski definition) is 2. The van der Waals surface area contributed by atoms with Gasteiger partial charge in [0.05, 0.1) is 0 Å². The standard InChI is InChI=1S/C21H29NO/c1-3-22(4-2)19-12-9-16(10-13-19)15-18-11-14-20(21(18)23)17-7-5-6-8-17/h9-10,12-13,15,17,20H,3-8,11,14H2,1-2H3. The Hall–Kier alpha value is -1.57. The number of carbonyl (C=O) groups is 1. The maximum atomic E-state index is 12.7. The Morgan fingerprint density at radius 3 is 2.30 bits per heavy atom. The first-order chi connectivity index (χ1) is 11.2. The molecule has 23 heavy (non-hydrogen) atoms. The van der Waals surface area contributed by atoms with E-state index in [1.807, 2.05) is 0 Å². The van der Waals surface area contributed by atoms with Crippen LogP contribution in [0, 0.1) is 11.8 Å². The molecule has 0 aromatic heterocycles. The van der Waals surface area contributed by atoms with Gasteiger partial charge in [0.25, 0.3) is 0 Å². The fraction of sp³-hybridized carbons (Fsp3) is 0.571. The van der Waals surface area contributed by atoms with Gasteiger partial charge in [-0.3, -0.25) is 4.79 Å².